The molecule has 0 bridgehead atoms. The molecular weight excluding hydrogens is 254 g/mol. The molecule has 0 heterocycles. The molecule has 1 nitrogen and oxygen atoms in total. The SMILES string of the molecule is C=C1C(C)=C(C)C(C)(c2ccc(N(C)C)cc2)C(C)=C1C. The lowest BCUT2D eigenvalue weighted by Gasteiger charge is -2.40. The minimum absolute atomic E-state index is 0.0276. The van der Waals surface area contributed by atoms with Gasteiger partial charge in [-0.1, -0.05) is 29.9 Å². The van der Waals surface area contributed by atoms with Gasteiger partial charge in [0.1, 0.15) is 0 Å². The molecule has 1 aromatic carbocycles. The van der Waals surface area contributed by atoms with Crippen molar-refractivity contribution in [2.75, 3.05) is 19.0 Å². The predicted octanol–water partition coefficient (Wildman–Crippen LogP) is 5.25. The molecule has 0 aromatic heterocycles. The van der Waals surface area contributed by atoms with E-state index >= 15 is 0 Å². The van der Waals surface area contributed by atoms with Gasteiger partial charge in [-0.05, 0) is 69.0 Å². The molecule has 21 heavy (non-hydrogen) atoms. The van der Waals surface area contributed by atoms with Gasteiger partial charge in [-0.25, -0.2) is 0 Å². The Morgan fingerprint density at radius 1 is 0.857 bits per heavy atom. The number of hydrogen-bond acceptors (Lipinski definition) is 1. The van der Waals surface area contributed by atoms with E-state index in [-0.39, 0.29) is 5.41 Å². The summed E-state index contributed by atoms with van der Waals surface area (Å²) in [4.78, 5) is 2.14. The molecule has 2 rings (SSSR count). The summed E-state index contributed by atoms with van der Waals surface area (Å²) in [6, 6.07) is 8.93. The molecule has 1 heteroatoms. The van der Waals surface area contributed by atoms with Crippen molar-refractivity contribution in [3.05, 3.63) is 64.3 Å². The van der Waals surface area contributed by atoms with E-state index in [1.54, 1.807) is 0 Å². The molecule has 0 saturated heterocycles. The number of anilines is 1. The zero-order valence-electron chi connectivity index (χ0n) is 14.5. The van der Waals surface area contributed by atoms with Crippen LogP contribution in [0.3, 0.4) is 0 Å². The molecule has 0 saturated carbocycles. The maximum atomic E-state index is 4.25. The quantitative estimate of drug-likeness (QED) is 0.715. The monoisotopic (exact) mass is 281 g/mol. The highest BCUT2D eigenvalue weighted by atomic mass is 15.1. The van der Waals surface area contributed by atoms with Gasteiger partial charge in [0.05, 0.1) is 0 Å². The van der Waals surface area contributed by atoms with Crippen LogP contribution in [-0.4, -0.2) is 14.1 Å². The second-order valence-corrected chi connectivity index (χ2v) is 6.54. The van der Waals surface area contributed by atoms with Crippen LogP contribution >= 0.6 is 0 Å². The van der Waals surface area contributed by atoms with E-state index in [0.29, 0.717) is 0 Å². The van der Waals surface area contributed by atoms with Crippen molar-refractivity contribution < 1.29 is 0 Å². The Morgan fingerprint density at radius 2 is 1.29 bits per heavy atom. The number of rotatable bonds is 2. The van der Waals surface area contributed by atoms with E-state index in [0.717, 1.165) is 0 Å². The van der Waals surface area contributed by atoms with Gasteiger partial charge >= 0.3 is 0 Å². The first kappa shape index (κ1) is 15.6. The summed E-state index contributed by atoms with van der Waals surface area (Å²) in [5.41, 5.74) is 9.23. The van der Waals surface area contributed by atoms with E-state index in [1.807, 2.05) is 0 Å². The third-order valence-corrected chi connectivity index (χ3v) is 5.49. The van der Waals surface area contributed by atoms with Gasteiger partial charge in [0.25, 0.3) is 0 Å². The number of benzene rings is 1. The standard InChI is InChI=1S/C20H27N/c1-13-14(2)16(4)20(6,17(5)15(13)3)18-9-11-19(12-10-18)21(7)8/h9-12H,1H2,2-8H3. The molecule has 0 atom stereocenters. The minimum atomic E-state index is -0.0276. The molecule has 0 amide bonds. The molecule has 0 aliphatic heterocycles. The average molecular weight is 281 g/mol. The van der Waals surface area contributed by atoms with Gasteiger partial charge in [0.15, 0.2) is 0 Å². The van der Waals surface area contributed by atoms with Crippen LogP contribution in [0.2, 0.25) is 0 Å². The summed E-state index contributed by atoms with van der Waals surface area (Å²) < 4.78 is 0. The minimum Gasteiger partial charge on any atom is -0.378 e. The third kappa shape index (κ3) is 2.25. The summed E-state index contributed by atoms with van der Waals surface area (Å²) in [7, 11) is 4.15. The Labute approximate surface area is 129 Å². The van der Waals surface area contributed by atoms with E-state index in [4.69, 9.17) is 0 Å². The lowest BCUT2D eigenvalue weighted by Crippen LogP contribution is -2.30. The Balaban J connectivity index is 2.61. The second kappa shape index (κ2) is 5.22. The zero-order valence-corrected chi connectivity index (χ0v) is 14.5. The first-order chi connectivity index (χ1) is 9.71. The fourth-order valence-electron chi connectivity index (χ4n) is 3.29. The molecular formula is C20H27N. The van der Waals surface area contributed by atoms with Gasteiger partial charge in [-0.15, -0.1) is 0 Å². The number of hydrogen-bond donors (Lipinski definition) is 0. The lowest BCUT2D eigenvalue weighted by atomic mass is 9.64. The van der Waals surface area contributed by atoms with Crippen LogP contribution in [0.15, 0.2) is 58.7 Å². The van der Waals surface area contributed by atoms with E-state index in [9.17, 15) is 0 Å². The Hall–Kier alpha value is -1.76. The van der Waals surface area contributed by atoms with Crippen LogP contribution in [0.1, 0.15) is 40.2 Å². The fourth-order valence-corrected chi connectivity index (χ4v) is 3.29. The highest BCUT2D eigenvalue weighted by Gasteiger charge is 2.36. The third-order valence-electron chi connectivity index (χ3n) is 5.49. The summed E-state index contributed by atoms with van der Waals surface area (Å²) in [6.07, 6.45) is 0. The van der Waals surface area contributed by atoms with Crippen molar-refractivity contribution in [3.8, 4) is 0 Å². The molecule has 112 valence electrons. The van der Waals surface area contributed by atoms with E-state index < -0.39 is 0 Å². The number of allylic oxidation sites excluding steroid dienone is 5. The number of nitrogens with zero attached hydrogens (tertiary/aromatic N) is 1. The summed E-state index contributed by atoms with van der Waals surface area (Å²) in [5.74, 6) is 0. The molecule has 0 spiro atoms. The maximum absolute atomic E-state index is 4.25. The molecule has 1 aliphatic rings. The molecule has 0 fully saturated rings. The van der Waals surface area contributed by atoms with Crippen LogP contribution in [0.5, 0.6) is 0 Å². The van der Waals surface area contributed by atoms with Crippen molar-refractivity contribution in [2.45, 2.75) is 40.0 Å². The Bertz CT molecular complexity index is 611. The summed E-state index contributed by atoms with van der Waals surface area (Å²) in [6.45, 7) is 15.5. The zero-order chi connectivity index (χ0) is 15.9. The largest absolute Gasteiger partial charge is 0.378 e. The van der Waals surface area contributed by atoms with Gasteiger partial charge < -0.3 is 4.90 Å². The first-order valence-electron chi connectivity index (χ1n) is 7.54. The molecule has 0 N–H and O–H groups in total. The topological polar surface area (TPSA) is 3.24 Å². The van der Waals surface area contributed by atoms with Crippen molar-refractivity contribution in [1.29, 1.82) is 0 Å². The van der Waals surface area contributed by atoms with Crippen molar-refractivity contribution in [3.63, 3.8) is 0 Å². The highest BCUT2D eigenvalue weighted by Crippen LogP contribution is 2.47. The fraction of sp³-hybridized carbons (Fsp3) is 0.400. The maximum Gasteiger partial charge on any atom is 0.0361 e. The predicted molar refractivity (Wildman–Crippen MR) is 94.0 cm³/mol. The van der Waals surface area contributed by atoms with Crippen LogP contribution in [0, 0.1) is 0 Å². The van der Waals surface area contributed by atoms with E-state index in [1.165, 1.54) is 39.1 Å². The smallest absolute Gasteiger partial charge is 0.0361 e. The van der Waals surface area contributed by atoms with Crippen LogP contribution in [0.4, 0.5) is 5.69 Å². The van der Waals surface area contributed by atoms with Crippen molar-refractivity contribution in [2.24, 2.45) is 0 Å². The lowest BCUT2D eigenvalue weighted by molar-refractivity contribution is 0.632. The first-order valence-corrected chi connectivity index (χ1v) is 7.54. The molecule has 0 unspecified atom stereocenters. The Kier molecular flexibility index (Phi) is 3.88. The second-order valence-electron chi connectivity index (χ2n) is 6.54. The normalized spacial score (nSPS) is 18.3. The summed E-state index contributed by atoms with van der Waals surface area (Å²) >= 11 is 0. The van der Waals surface area contributed by atoms with Crippen molar-refractivity contribution in [1.82, 2.24) is 0 Å². The van der Waals surface area contributed by atoms with Crippen molar-refractivity contribution >= 4 is 5.69 Å². The van der Waals surface area contributed by atoms with Crippen LogP contribution < -0.4 is 4.90 Å². The molecule has 1 aromatic rings. The average Bonchev–Trinajstić information content (AvgIpc) is 2.49. The van der Waals surface area contributed by atoms with Gasteiger partial charge in [0, 0.05) is 25.2 Å². The van der Waals surface area contributed by atoms with Crippen LogP contribution in [0.25, 0.3) is 0 Å². The Morgan fingerprint density at radius 3 is 1.67 bits per heavy atom. The molecule has 0 radical (unpaired) electrons. The van der Waals surface area contributed by atoms with Crippen LogP contribution in [-0.2, 0) is 5.41 Å². The molecule has 1 aliphatic carbocycles. The van der Waals surface area contributed by atoms with Gasteiger partial charge in [-0.2, -0.15) is 0 Å². The van der Waals surface area contributed by atoms with E-state index in [2.05, 4.69) is 84.5 Å². The van der Waals surface area contributed by atoms with Gasteiger partial charge in [-0.3, -0.25) is 0 Å². The van der Waals surface area contributed by atoms with Gasteiger partial charge in [0.2, 0.25) is 0 Å². The summed E-state index contributed by atoms with van der Waals surface area (Å²) in [5, 5.41) is 0. The highest BCUT2D eigenvalue weighted by molar-refractivity contribution is 5.62.